The van der Waals surface area contributed by atoms with Crippen molar-refractivity contribution in [1.82, 2.24) is 4.98 Å². The molecule has 0 spiro atoms. The number of esters is 1. The molecule has 0 atom stereocenters. The first-order valence-corrected chi connectivity index (χ1v) is 6.41. The van der Waals surface area contributed by atoms with Crippen molar-refractivity contribution in [3.63, 3.8) is 0 Å². The number of allylic oxidation sites excluding steroid dienone is 2. The molecule has 1 aromatic heterocycles. The standard InChI is InChI=1S/C14H17NO2.C2H6/c1-4-6-12-11(8-9-14(16)17-3)10-15-13(12)7-5-2;1-2/h4-7,10,15H,1-2,8-9H2,3H3;1-2H3/b12-6-,13-7+;. The van der Waals surface area contributed by atoms with Crippen LogP contribution in [0.3, 0.4) is 0 Å². The van der Waals surface area contributed by atoms with E-state index in [1.807, 2.05) is 32.2 Å². The molecule has 0 saturated heterocycles. The van der Waals surface area contributed by atoms with E-state index in [-0.39, 0.29) is 5.97 Å². The lowest BCUT2D eigenvalue weighted by atomic mass is 10.1. The zero-order valence-corrected chi connectivity index (χ0v) is 12.0. The fraction of sp³-hybridized carbons (Fsp3) is 0.312. The summed E-state index contributed by atoms with van der Waals surface area (Å²) in [6.07, 6.45) is 10.2. The topological polar surface area (TPSA) is 42.1 Å². The molecule has 0 aliphatic carbocycles. The van der Waals surface area contributed by atoms with Gasteiger partial charge in [-0.25, -0.2) is 0 Å². The van der Waals surface area contributed by atoms with Crippen LogP contribution in [0.25, 0.3) is 12.2 Å². The van der Waals surface area contributed by atoms with Crippen LogP contribution in [0.15, 0.2) is 31.5 Å². The summed E-state index contributed by atoms with van der Waals surface area (Å²) in [5, 5.41) is 2.02. The van der Waals surface area contributed by atoms with Crippen LogP contribution in [-0.2, 0) is 16.0 Å². The number of carbonyl (C=O) groups is 1. The van der Waals surface area contributed by atoms with Gasteiger partial charge in [-0.3, -0.25) is 4.79 Å². The minimum absolute atomic E-state index is 0.204. The summed E-state index contributed by atoms with van der Waals surface area (Å²) in [7, 11) is 1.40. The van der Waals surface area contributed by atoms with E-state index >= 15 is 0 Å². The lowest BCUT2D eigenvalue weighted by Crippen LogP contribution is -2.24. The molecule has 0 unspecified atom stereocenters. The minimum Gasteiger partial charge on any atom is -0.469 e. The Kier molecular flexibility index (Phi) is 8.88. The third-order valence-corrected chi connectivity index (χ3v) is 2.43. The SMILES string of the molecule is C=C/C=c1/c(CCC(=O)OC)c[nH]/c1=C/C=C.CC. The number of nitrogens with one attached hydrogen (secondary N) is 1. The average molecular weight is 261 g/mol. The van der Waals surface area contributed by atoms with Gasteiger partial charge in [-0.15, -0.1) is 0 Å². The Morgan fingerprint density at radius 3 is 2.47 bits per heavy atom. The Labute approximate surface area is 115 Å². The molecule has 1 N–H and O–H groups in total. The van der Waals surface area contributed by atoms with Crippen molar-refractivity contribution in [1.29, 1.82) is 0 Å². The Morgan fingerprint density at radius 1 is 1.32 bits per heavy atom. The first-order valence-electron chi connectivity index (χ1n) is 6.41. The molecular formula is C16H23NO2. The number of ether oxygens (including phenoxy) is 1. The van der Waals surface area contributed by atoms with Crippen molar-refractivity contribution < 1.29 is 9.53 Å². The number of methoxy groups -OCH3 is 1. The maximum absolute atomic E-state index is 11.1. The Balaban J connectivity index is 0.00000154. The summed E-state index contributed by atoms with van der Waals surface area (Å²) < 4.78 is 4.62. The van der Waals surface area contributed by atoms with Crippen LogP contribution in [0.1, 0.15) is 25.8 Å². The smallest absolute Gasteiger partial charge is 0.305 e. The number of aromatic amines is 1. The van der Waals surface area contributed by atoms with Gasteiger partial charge in [0.15, 0.2) is 0 Å². The summed E-state index contributed by atoms with van der Waals surface area (Å²) in [5.74, 6) is -0.204. The van der Waals surface area contributed by atoms with E-state index in [1.54, 1.807) is 12.2 Å². The van der Waals surface area contributed by atoms with Gasteiger partial charge in [-0.05, 0) is 18.1 Å². The average Bonchev–Trinajstić information content (AvgIpc) is 2.82. The lowest BCUT2D eigenvalue weighted by Gasteiger charge is -1.97. The second-order valence-electron chi connectivity index (χ2n) is 3.52. The number of carbonyl (C=O) groups excluding carboxylic acids is 1. The maximum atomic E-state index is 11.1. The van der Waals surface area contributed by atoms with E-state index in [0.717, 1.165) is 16.1 Å². The molecule has 1 heterocycles. The lowest BCUT2D eigenvalue weighted by molar-refractivity contribution is -0.140. The highest BCUT2D eigenvalue weighted by Gasteiger charge is 2.04. The summed E-state index contributed by atoms with van der Waals surface area (Å²) in [6.45, 7) is 11.4. The van der Waals surface area contributed by atoms with Gasteiger partial charge in [0.2, 0.25) is 0 Å². The van der Waals surface area contributed by atoms with Crippen molar-refractivity contribution >= 4 is 18.1 Å². The maximum Gasteiger partial charge on any atom is 0.305 e. The van der Waals surface area contributed by atoms with E-state index in [4.69, 9.17) is 0 Å². The highest BCUT2D eigenvalue weighted by atomic mass is 16.5. The van der Waals surface area contributed by atoms with E-state index in [0.29, 0.717) is 12.8 Å². The van der Waals surface area contributed by atoms with Gasteiger partial charge < -0.3 is 9.72 Å². The Morgan fingerprint density at radius 2 is 1.95 bits per heavy atom. The van der Waals surface area contributed by atoms with Crippen molar-refractivity contribution in [2.45, 2.75) is 26.7 Å². The minimum atomic E-state index is -0.204. The van der Waals surface area contributed by atoms with Crippen molar-refractivity contribution in [3.05, 3.63) is 47.6 Å². The molecule has 0 saturated carbocycles. The molecule has 0 amide bonds. The van der Waals surface area contributed by atoms with Crippen LogP contribution in [0.4, 0.5) is 0 Å². The second kappa shape index (κ2) is 9.95. The summed E-state index contributed by atoms with van der Waals surface area (Å²) in [6, 6.07) is 0. The normalized spacial score (nSPS) is 11.5. The number of aromatic nitrogens is 1. The van der Waals surface area contributed by atoms with Crippen molar-refractivity contribution in [2.24, 2.45) is 0 Å². The fourth-order valence-electron chi connectivity index (χ4n) is 1.61. The number of hydrogen-bond acceptors (Lipinski definition) is 2. The van der Waals surface area contributed by atoms with Gasteiger partial charge >= 0.3 is 5.97 Å². The molecule has 3 heteroatoms. The van der Waals surface area contributed by atoms with Crippen LogP contribution in [0.2, 0.25) is 0 Å². The van der Waals surface area contributed by atoms with E-state index in [9.17, 15) is 4.79 Å². The predicted molar refractivity (Wildman–Crippen MR) is 81.1 cm³/mol. The fourth-order valence-corrected chi connectivity index (χ4v) is 1.61. The molecule has 19 heavy (non-hydrogen) atoms. The monoisotopic (exact) mass is 261 g/mol. The summed E-state index contributed by atoms with van der Waals surface area (Å²) in [4.78, 5) is 14.2. The van der Waals surface area contributed by atoms with E-state index in [1.165, 1.54) is 7.11 Å². The van der Waals surface area contributed by atoms with Crippen molar-refractivity contribution in [3.8, 4) is 0 Å². The molecule has 0 aliphatic heterocycles. The number of H-pyrrole nitrogens is 1. The molecule has 0 fully saturated rings. The largest absolute Gasteiger partial charge is 0.469 e. The van der Waals surface area contributed by atoms with Gasteiger partial charge in [0, 0.05) is 23.2 Å². The van der Waals surface area contributed by atoms with Gasteiger partial charge in [-0.1, -0.05) is 45.2 Å². The van der Waals surface area contributed by atoms with Crippen LogP contribution < -0.4 is 10.6 Å². The highest BCUT2D eigenvalue weighted by molar-refractivity contribution is 5.69. The first kappa shape index (κ1) is 17.0. The highest BCUT2D eigenvalue weighted by Crippen LogP contribution is 1.96. The molecule has 0 radical (unpaired) electrons. The van der Waals surface area contributed by atoms with E-state index in [2.05, 4.69) is 22.9 Å². The van der Waals surface area contributed by atoms with Gasteiger partial charge in [0.1, 0.15) is 0 Å². The quantitative estimate of drug-likeness (QED) is 0.825. The van der Waals surface area contributed by atoms with Crippen LogP contribution in [0.5, 0.6) is 0 Å². The van der Waals surface area contributed by atoms with Gasteiger partial charge in [0.05, 0.1) is 7.11 Å². The van der Waals surface area contributed by atoms with Crippen LogP contribution in [-0.4, -0.2) is 18.1 Å². The molecule has 0 aliphatic rings. The molecule has 104 valence electrons. The number of aryl methyl sites for hydroxylation is 1. The summed E-state index contributed by atoms with van der Waals surface area (Å²) in [5.41, 5.74) is 1.07. The molecular weight excluding hydrogens is 238 g/mol. The van der Waals surface area contributed by atoms with Crippen LogP contribution in [0, 0.1) is 0 Å². The Bertz CT molecular complexity index is 523. The molecule has 3 nitrogen and oxygen atoms in total. The zero-order chi connectivity index (χ0) is 14.7. The van der Waals surface area contributed by atoms with Crippen LogP contribution >= 0.6 is 0 Å². The first-order chi connectivity index (χ1) is 9.22. The second-order valence-corrected chi connectivity index (χ2v) is 3.52. The van der Waals surface area contributed by atoms with Crippen molar-refractivity contribution in [2.75, 3.05) is 7.11 Å². The third-order valence-electron chi connectivity index (χ3n) is 2.43. The molecule has 0 aromatic carbocycles. The number of rotatable bonds is 5. The van der Waals surface area contributed by atoms with E-state index < -0.39 is 0 Å². The van der Waals surface area contributed by atoms with Gasteiger partial charge in [0.25, 0.3) is 0 Å². The zero-order valence-electron chi connectivity index (χ0n) is 12.0. The Hall–Kier alpha value is -2.03. The molecule has 1 aromatic rings. The molecule has 1 rings (SSSR count). The number of hydrogen-bond donors (Lipinski definition) is 1. The molecule has 0 bridgehead atoms. The summed E-state index contributed by atoms with van der Waals surface area (Å²) >= 11 is 0. The predicted octanol–water partition coefficient (Wildman–Crippen LogP) is 2.08. The third kappa shape index (κ3) is 5.42. The van der Waals surface area contributed by atoms with Gasteiger partial charge in [-0.2, -0.15) is 0 Å².